The zero-order chi connectivity index (χ0) is 17.8. The van der Waals surface area contributed by atoms with Gasteiger partial charge in [0.25, 0.3) is 11.6 Å². The number of carbonyl (C=O) groups excluding carboxylic acids is 1. The van der Waals surface area contributed by atoms with E-state index in [-0.39, 0.29) is 17.6 Å². The zero-order valence-electron chi connectivity index (χ0n) is 13.7. The molecule has 7 nitrogen and oxygen atoms in total. The SMILES string of the molecule is NC1CCN(C(=O)c2ccc(Nc3ccccc3)c([N+](=O)[O-])c2)CC1. The van der Waals surface area contributed by atoms with Crippen LogP contribution in [0.4, 0.5) is 17.1 Å². The number of hydrogen-bond donors (Lipinski definition) is 2. The van der Waals surface area contributed by atoms with Crippen LogP contribution in [-0.2, 0) is 0 Å². The number of rotatable bonds is 4. The van der Waals surface area contributed by atoms with Gasteiger partial charge in [-0.05, 0) is 37.1 Å². The van der Waals surface area contributed by atoms with Gasteiger partial charge in [0.05, 0.1) is 4.92 Å². The van der Waals surface area contributed by atoms with Crippen LogP contribution in [0.1, 0.15) is 23.2 Å². The fraction of sp³-hybridized carbons (Fsp3) is 0.278. The van der Waals surface area contributed by atoms with Crippen LogP contribution in [0.3, 0.4) is 0 Å². The number of nitrogens with one attached hydrogen (secondary N) is 1. The molecule has 3 rings (SSSR count). The molecule has 7 heteroatoms. The largest absolute Gasteiger partial charge is 0.350 e. The van der Waals surface area contributed by atoms with E-state index in [4.69, 9.17) is 5.73 Å². The Bertz CT molecular complexity index is 771. The first kappa shape index (κ1) is 16.9. The molecule has 0 aromatic heterocycles. The van der Waals surface area contributed by atoms with Crippen LogP contribution in [0.25, 0.3) is 0 Å². The lowest BCUT2D eigenvalue weighted by Gasteiger charge is -2.30. The van der Waals surface area contributed by atoms with Gasteiger partial charge >= 0.3 is 0 Å². The smallest absolute Gasteiger partial charge is 0.293 e. The Morgan fingerprint density at radius 3 is 2.48 bits per heavy atom. The van der Waals surface area contributed by atoms with Crippen molar-refractivity contribution in [2.75, 3.05) is 18.4 Å². The summed E-state index contributed by atoms with van der Waals surface area (Å²) in [4.78, 5) is 25.2. The molecule has 1 aliphatic heterocycles. The summed E-state index contributed by atoms with van der Waals surface area (Å²) in [5.74, 6) is -0.193. The number of amides is 1. The highest BCUT2D eigenvalue weighted by Gasteiger charge is 2.24. The number of hydrogen-bond acceptors (Lipinski definition) is 5. The number of carbonyl (C=O) groups is 1. The molecule has 2 aromatic carbocycles. The van der Waals surface area contributed by atoms with Crippen molar-refractivity contribution in [2.24, 2.45) is 5.73 Å². The van der Waals surface area contributed by atoms with Crippen LogP contribution in [0.15, 0.2) is 48.5 Å². The molecule has 1 fully saturated rings. The standard InChI is InChI=1S/C18H20N4O3/c19-14-8-10-21(11-9-14)18(23)13-6-7-16(17(12-13)22(24)25)20-15-4-2-1-3-5-15/h1-7,12,14,20H,8-11,19H2. The first-order chi connectivity index (χ1) is 12.0. The van der Waals surface area contributed by atoms with Gasteiger partial charge in [0.1, 0.15) is 5.69 Å². The van der Waals surface area contributed by atoms with E-state index in [1.807, 2.05) is 30.3 Å². The third kappa shape index (κ3) is 3.95. The van der Waals surface area contributed by atoms with Crippen molar-refractivity contribution in [1.82, 2.24) is 4.90 Å². The van der Waals surface area contributed by atoms with Crippen LogP contribution in [0.2, 0.25) is 0 Å². The molecule has 1 aliphatic rings. The van der Waals surface area contributed by atoms with Crippen molar-refractivity contribution < 1.29 is 9.72 Å². The van der Waals surface area contributed by atoms with E-state index in [0.29, 0.717) is 24.3 Å². The van der Waals surface area contributed by atoms with Gasteiger partial charge in [-0.2, -0.15) is 0 Å². The van der Waals surface area contributed by atoms with E-state index in [1.54, 1.807) is 17.0 Å². The molecule has 0 radical (unpaired) electrons. The number of nitrogens with two attached hydrogens (primary N) is 1. The average Bonchev–Trinajstić information content (AvgIpc) is 2.63. The van der Waals surface area contributed by atoms with E-state index in [2.05, 4.69) is 5.32 Å². The van der Waals surface area contributed by atoms with E-state index in [1.165, 1.54) is 6.07 Å². The highest BCUT2D eigenvalue weighted by atomic mass is 16.6. The van der Waals surface area contributed by atoms with Crippen LogP contribution in [0.5, 0.6) is 0 Å². The third-order valence-electron chi connectivity index (χ3n) is 4.32. The first-order valence-electron chi connectivity index (χ1n) is 8.20. The fourth-order valence-electron chi connectivity index (χ4n) is 2.88. The maximum atomic E-state index is 12.6. The van der Waals surface area contributed by atoms with Crippen LogP contribution in [0, 0.1) is 10.1 Å². The number of anilines is 2. The normalized spacial score (nSPS) is 15.0. The molecule has 0 spiro atoms. The molecule has 0 bridgehead atoms. The van der Waals surface area contributed by atoms with Gasteiger partial charge in [-0.15, -0.1) is 0 Å². The van der Waals surface area contributed by atoms with Crippen molar-refractivity contribution in [3.05, 3.63) is 64.2 Å². The summed E-state index contributed by atoms with van der Waals surface area (Å²) in [7, 11) is 0. The lowest BCUT2D eigenvalue weighted by Crippen LogP contribution is -2.42. The number of benzene rings is 2. The van der Waals surface area contributed by atoms with Crippen molar-refractivity contribution in [2.45, 2.75) is 18.9 Å². The summed E-state index contributed by atoms with van der Waals surface area (Å²) in [6.45, 7) is 1.16. The minimum absolute atomic E-state index is 0.121. The minimum atomic E-state index is -0.478. The second kappa shape index (κ2) is 7.31. The van der Waals surface area contributed by atoms with Crippen LogP contribution < -0.4 is 11.1 Å². The summed E-state index contributed by atoms with van der Waals surface area (Å²) in [5.41, 5.74) is 7.16. The summed E-state index contributed by atoms with van der Waals surface area (Å²) in [6.07, 6.45) is 1.50. The third-order valence-corrected chi connectivity index (χ3v) is 4.32. The number of nitrogens with zero attached hydrogens (tertiary/aromatic N) is 2. The van der Waals surface area contributed by atoms with Crippen molar-refractivity contribution >= 4 is 23.0 Å². The van der Waals surface area contributed by atoms with Gasteiger partial charge in [-0.3, -0.25) is 14.9 Å². The Morgan fingerprint density at radius 2 is 1.84 bits per heavy atom. The zero-order valence-corrected chi connectivity index (χ0v) is 13.7. The van der Waals surface area contributed by atoms with Gasteiger partial charge in [0.2, 0.25) is 0 Å². The quantitative estimate of drug-likeness (QED) is 0.658. The Balaban J connectivity index is 1.83. The molecule has 130 valence electrons. The van der Waals surface area contributed by atoms with Gasteiger partial charge in [-0.1, -0.05) is 18.2 Å². The average molecular weight is 340 g/mol. The molecule has 2 aromatic rings. The number of piperidine rings is 1. The maximum absolute atomic E-state index is 12.6. The Labute approximate surface area is 145 Å². The van der Waals surface area contributed by atoms with Crippen LogP contribution in [-0.4, -0.2) is 34.9 Å². The molecule has 0 saturated carbocycles. The number of nitro groups is 1. The lowest BCUT2D eigenvalue weighted by molar-refractivity contribution is -0.383. The van der Waals surface area contributed by atoms with E-state index >= 15 is 0 Å². The molecule has 1 amide bonds. The summed E-state index contributed by atoms with van der Waals surface area (Å²) in [5, 5.41) is 14.5. The van der Waals surface area contributed by atoms with E-state index < -0.39 is 4.92 Å². The van der Waals surface area contributed by atoms with Gasteiger partial charge in [0, 0.05) is 36.4 Å². The fourth-order valence-corrected chi connectivity index (χ4v) is 2.88. The molecule has 0 atom stereocenters. The summed E-state index contributed by atoms with van der Waals surface area (Å²) in [6, 6.07) is 13.8. The highest BCUT2D eigenvalue weighted by Crippen LogP contribution is 2.29. The van der Waals surface area contributed by atoms with Crippen molar-refractivity contribution in [1.29, 1.82) is 0 Å². The van der Waals surface area contributed by atoms with Gasteiger partial charge in [-0.25, -0.2) is 0 Å². The number of nitro benzene ring substituents is 1. The summed E-state index contributed by atoms with van der Waals surface area (Å²) < 4.78 is 0. The monoisotopic (exact) mass is 340 g/mol. The van der Waals surface area contributed by atoms with Gasteiger partial charge in [0.15, 0.2) is 0 Å². The molecule has 25 heavy (non-hydrogen) atoms. The second-order valence-electron chi connectivity index (χ2n) is 6.11. The van der Waals surface area contributed by atoms with Gasteiger partial charge < -0.3 is 16.0 Å². The summed E-state index contributed by atoms with van der Waals surface area (Å²) >= 11 is 0. The Kier molecular flexibility index (Phi) is 4.95. The number of para-hydroxylation sites is 1. The highest BCUT2D eigenvalue weighted by molar-refractivity contribution is 5.96. The Morgan fingerprint density at radius 1 is 1.16 bits per heavy atom. The molecule has 1 saturated heterocycles. The van der Waals surface area contributed by atoms with E-state index in [0.717, 1.165) is 18.5 Å². The maximum Gasteiger partial charge on any atom is 0.293 e. The second-order valence-corrected chi connectivity index (χ2v) is 6.11. The molecule has 0 unspecified atom stereocenters. The molecule has 3 N–H and O–H groups in total. The molecular weight excluding hydrogens is 320 g/mol. The Hall–Kier alpha value is -2.93. The predicted molar refractivity (Wildman–Crippen MR) is 95.9 cm³/mol. The molecular formula is C18H20N4O3. The number of likely N-dealkylation sites (tertiary alicyclic amines) is 1. The van der Waals surface area contributed by atoms with Crippen LogP contribution >= 0.6 is 0 Å². The lowest BCUT2D eigenvalue weighted by atomic mass is 10.0. The predicted octanol–water partition coefficient (Wildman–Crippen LogP) is 2.90. The molecule has 0 aliphatic carbocycles. The van der Waals surface area contributed by atoms with Crippen molar-refractivity contribution in [3.8, 4) is 0 Å². The topological polar surface area (TPSA) is 102 Å². The van der Waals surface area contributed by atoms with E-state index in [9.17, 15) is 14.9 Å². The molecule has 1 heterocycles. The minimum Gasteiger partial charge on any atom is -0.350 e. The van der Waals surface area contributed by atoms with Crippen molar-refractivity contribution in [3.63, 3.8) is 0 Å². The first-order valence-corrected chi connectivity index (χ1v) is 8.20.